The van der Waals surface area contributed by atoms with E-state index in [1.807, 2.05) is 0 Å². The zero-order valence-corrected chi connectivity index (χ0v) is 12.3. The molecule has 2 aromatic carbocycles. The lowest BCUT2D eigenvalue weighted by atomic mass is 10.2. The van der Waals surface area contributed by atoms with Gasteiger partial charge in [0.2, 0.25) is 0 Å². The molecule has 0 saturated carbocycles. The number of benzene rings is 2. The minimum absolute atomic E-state index is 0.308. The van der Waals surface area contributed by atoms with Crippen molar-refractivity contribution in [3.05, 3.63) is 70.1 Å². The van der Waals surface area contributed by atoms with E-state index in [1.54, 1.807) is 36.4 Å². The Labute approximate surface area is 131 Å². The third-order valence-corrected chi connectivity index (χ3v) is 3.28. The van der Waals surface area contributed by atoms with Crippen LogP contribution in [0.4, 0.5) is 14.9 Å². The number of carbonyl (C=O) groups is 1. The molecule has 2 N–H and O–H groups in total. The fourth-order valence-corrected chi connectivity index (χ4v) is 1.83. The molecule has 0 aliphatic carbocycles. The highest BCUT2D eigenvalue weighted by Crippen LogP contribution is 2.24. The van der Waals surface area contributed by atoms with E-state index >= 15 is 0 Å². The summed E-state index contributed by atoms with van der Waals surface area (Å²) in [7, 11) is 0. The largest absolute Gasteiger partial charge is 0.323 e. The average molecular weight is 325 g/mol. The number of anilines is 1. The van der Waals surface area contributed by atoms with Crippen molar-refractivity contribution >= 4 is 41.0 Å². The van der Waals surface area contributed by atoms with Crippen molar-refractivity contribution in [2.75, 3.05) is 5.32 Å². The molecule has 0 aliphatic rings. The molecule has 0 aromatic heterocycles. The molecule has 0 fully saturated rings. The van der Waals surface area contributed by atoms with E-state index in [9.17, 15) is 9.18 Å². The summed E-state index contributed by atoms with van der Waals surface area (Å²) in [5.41, 5.74) is 1.29. The van der Waals surface area contributed by atoms with Crippen LogP contribution < -0.4 is 10.6 Å². The first-order chi connectivity index (χ1) is 10.0. The van der Waals surface area contributed by atoms with Gasteiger partial charge in [-0.15, -0.1) is 0 Å². The van der Waals surface area contributed by atoms with E-state index in [2.05, 4.69) is 10.6 Å². The van der Waals surface area contributed by atoms with E-state index in [0.29, 0.717) is 15.7 Å². The Morgan fingerprint density at radius 2 is 1.76 bits per heavy atom. The predicted molar refractivity (Wildman–Crippen MR) is 84.1 cm³/mol. The molecule has 0 aliphatic heterocycles. The number of rotatable bonds is 3. The van der Waals surface area contributed by atoms with Crippen LogP contribution in [-0.4, -0.2) is 6.03 Å². The summed E-state index contributed by atoms with van der Waals surface area (Å²) in [5.74, 6) is -0.308. The molecule has 0 spiro atoms. The lowest BCUT2D eigenvalue weighted by Crippen LogP contribution is -2.23. The van der Waals surface area contributed by atoms with Crippen LogP contribution in [0, 0.1) is 5.82 Å². The van der Waals surface area contributed by atoms with Crippen molar-refractivity contribution in [3.63, 3.8) is 0 Å². The SMILES string of the molecule is O=C(N/C=C/c1ccc(F)cc1)Nc1ccc(Cl)c(Cl)c1. The highest BCUT2D eigenvalue weighted by molar-refractivity contribution is 6.42. The fraction of sp³-hybridized carbons (Fsp3) is 0. The van der Waals surface area contributed by atoms with Crippen molar-refractivity contribution in [1.82, 2.24) is 5.32 Å². The second-order valence-electron chi connectivity index (χ2n) is 4.11. The van der Waals surface area contributed by atoms with Crippen LogP contribution in [0.2, 0.25) is 10.0 Å². The van der Waals surface area contributed by atoms with Gasteiger partial charge in [-0.2, -0.15) is 0 Å². The predicted octanol–water partition coefficient (Wildman–Crippen LogP) is 4.92. The standard InChI is InChI=1S/C15H11Cl2FN2O/c16-13-6-5-12(9-14(13)17)20-15(21)19-8-7-10-1-3-11(18)4-2-10/h1-9H,(H2,19,20,21)/b8-7+. The van der Waals surface area contributed by atoms with Gasteiger partial charge in [0.15, 0.2) is 0 Å². The number of amides is 2. The van der Waals surface area contributed by atoms with Gasteiger partial charge in [0.1, 0.15) is 5.82 Å². The van der Waals surface area contributed by atoms with E-state index in [4.69, 9.17) is 23.2 Å². The molecule has 108 valence electrons. The third-order valence-electron chi connectivity index (χ3n) is 2.54. The van der Waals surface area contributed by atoms with E-state index in [1.165, 1.54) is 18.3 Å². The van der Waals surface area contributed by atoms with Gasteiger partial charge in [0.05, 0.1) is 10.0 Å². The van der Waals surface area contributed by atoms with Crippen molar-refractivity contribution in [3.8, 4) is 0 Å². The second-order valence-corrected chi connectivity index (χ2v) is 4.93. The van der Waals surface area contributed by atoms with E-state index < -0.39 is 6.03 Å². The lowest BCUT2D eigenvalue weighted by molar-refractivity contribution is 0.255. The molecular formula is C15H11Cl2FN2O. The maximum Gasteiger partial charge on any atom is 0.323 e. The smallest absolute Gasteiger partial charge is 0.314 e. The topological polar surface area (TPSA) is 41.1 Å². The molecule has 21 heavy (non-hydrogen) atoms. The minimum atomic E-state index is -0.424. The number of hydrogen-bond acceptors (Lipinski definition) is 1. The summed E-state index contributed by atoms with van der Waals surface area (Å²) in [5, 5.41) is 5.90. The molecule has 3 nitrogen and oxygen atoms in total. The van der Waals surface area contributed by atoms with Crippen LogP contribution in [0.15, 0.2) is 48.7 Å². The summed E-state index contributed by atoms with van der Waals surface area (Å²) >= 11 is 11.6. The van der Waals surface area contributed by atoms with Crippen LogP contribution in [0.3, 0.4) is 0 Å². The molecule has 0 atom stereocenters. The monoisotopic (exact) mass is 324 g/mol. The van der Waals surface area contributed by atoms with E-state index in [0.717, 1.165) is 5.56 Å². The average Bonchev–Trinajstić information content (AvgIpc) is 2.45. The van der Waals surface area contributed by atoms with Crippen LogP contribution in [0.1, 0.15) is 5.56 Å². The first-order valence-corrected chi connectivity index (χ1v) is 6.75. The summed E-state index contributed by atoms with van der Waals surface area (Å²) in [6.07, 6.45) is 3.11. The third kappa shape index (κ3) is 4.77. The van der Waals surface area contributed by atoms with Gasteiger partial charge < -0.3 is 10.6 Å². The molecule has 0 saturated heterocycles. The number of nitrogens with one attached hydrogen (secondary N) is 2. The highest BCUT2D eigenvalue weighted by atomic mass is 35.5. The Balaban J connectivity index is 1.89. The first kappa shape index (κ1) is 15.4. The first-order valence-electron chi connectivity index (χ1n) is 5.99. The number of urea groups is 1. The van der Waals surface area contributed by atoms with Gasteiger partial charge in [-0.25, -0.2) is 9.18 Å². The van der Waals surface area contributed by atoms with Gasteiger partial charge in [0.25, 0.3) is 0 Å². The number of halogens is 3. The molecular weight excluding hydrogens is 314 g/mol. The molecule has 0 heterocycles. The zero-order chi connectivity index (χ0) is 15.2. The van der Waals surface area contributed by atoms with Gasteiger partial charge in [-0.3, -0.25) is 0 Å². The van der Waals surface area contributed by atoms with Crippen molar-refractivity contribution < 1.29 is 9.18 Å². The van der Waals surface area contributed by atoms with Gasteiger partial charge >= 0.3 is 6.03 Å². The Morgan fingerprint density at radius 1 is 1.05 bits per heavy atom. The lowest BCUT2D eigenvalue weighted by Gasteiger charge is -2.05. The van der Waals surface area contributed by atoms with Crippen molar-refractivity contribution in [2.24, 2.45) is 0 Å². The molecule has 0 radical (unpaired) electrons. The van der Waals surface area contributed by atoms with Crippen molar-refractivity contribution in [2.45, 2.75) is 0 Å². The molecule has 6 heteroatoms. The molecule has 2 amide bonds. The number of carbonyl (C=O) groups excluding carboxylic acids is 1. The van der Waals surface area contributed by atoms with Crippen LogP contribution in [-0.2, 0) is 0 Å². The number of hydrogen-bond donors (Lipinski definition) is 2. The Bertz CT molecular complexity index is 672. The molecule has 2 aromatic rings. The summed E-state index contributed by atoms with van der Waals surface area (Å²) in [6.45, 7) is 0. The van der Waals surface area contributed by atoms with E-state index in [-0.39, 0.29) is 5.82 Å². The highest BCUT2D eigenvalue weighted by Gasteiger charge is 2.02. The summed E-state index contributed by atoms with van der Waals surface area (Å²) in [6, 6.07) is 10.2. The molecule has 0 bridgehead atoms. The molecule has 0 unspecified atom stereocenters. The maximum absolute atomic E-state index is 12.7. The normalized spacial score (nSPS) is 10.6. The molecule has 2 rings (SSSR count). The quantitative estimate of drug-likeness (QED) is 0.826. The summed E-state index contributed by atoms with van der Waals surface area (Å²) < 4.78 is 12.7. The van der Waals surface area contributed by atoms with Gasteiger partial charge in [0, 0.05) is 11.9 Å². The van der Waals surface area contributed by atoms with Gasteiger partial charge in [-0.05, 0) is 42.0 Å². The maximum atomic E-state index is 12.7. The van der Waals surface area contributed by atoms with Crippen LogP contribution >= 0.6 is 23.2 Å². The Hall–Kier alpha value is -2.04. The van der Waals surface area contributed by atoms with Crippen LogP contribution in [0.5, 0.6) is 0 Å². The zero-order valence-electron chi connectivity index (χ0n) is 10.7. The Morgan fingerprint density at radius 3 is 2.43 bits per heavy atom. The minimum Gasteiger partial charge on any atom is -0.314 e. The second kappa shape index (κ2) is 7.11. The fourth-order valence-electron chi connectivity index (χ4n) is 1.53. The van der Waals surface area contributed by atoms with Crippen LogP contribution in [0.25, 0.3) is 6.08 Å². The van der Waals surface area contributed by atoms with Crippen molar-refractivity contribution in [1.29, 1.82) is 0 Å². The summed E-state index contributed by atoms with van der Waals surface area (Å²) in [4.78, 5) is 11.6. The van der Waals surface area contributed by atoms with Gasteiger partial charge in [-0.1, -0.05) is 35.3 Å². The Kier molecular flexibility index (Phi) is 5.20.